The van der Waals surface area contributed by atoms with Gasteiger partial charge in [0.1, 0.15) is 5.75 Å². The van der Waals surface area contributed by atoms with Crippen LogP contribution in [0, 0.1) is 11.6 Å². The number of para-hydroxylation sites is 1. The van der Waals surface area contributed by atoms with Crippen LogP contribution < -0.4 is 4.74 Å². The van der Waals surface area contributed by atoms with Gasteiger partial charge in [0.2, 0.25) is 0 Å². The Morgan fingerprint density at radius 3 is 2.64 bits per heavy atom. The van der Waals surface area contributed by atoms with Gasteiger partial charge in [0.25, 0.3) is 0 Å². The molecule has 0 aliphatic carbocycles. The van der Waals surface area contributed by atoms with Crippen LogP contribution in [-0.4, -0.2) is 53.8 Å². The molecule has 152 valence electrons. The van der Waals surface area contributed by atoms with Gasteiger partial charge in [-0.25, -0.2) is 8.78 Å². The van der Waals surface area contributed by atoms with Gasteiger partial charge in [0.05, 0.1) is 6.61 Å². The van der Waals surface area contributed by atoms with Crippen molar-refractivity contribution in [3.05, 3.63) is 65.2 Å². The van der Waals surface area contributed by atoms with Gasteiger partial charge < -0.3 is 9.84 Å². The van der Waals surface area contributed by atoms with Crippen molar-refractivity contribution >= 4 is 0 Å². The fraction of sp³-hybridized carbons (Fsp3) is 0.455. The van der Waals surface area contributed by atoms with Gasteiger partial charge in [-0.15, -0.1) is 0 Å². The standard InChI is InChI=1S/C22H28F2N2O2/c1-2-28-22-6-4-3-5-18(22)15-26-11-10-25(16-19(26)9-12-27)14-17-7-8-20(23)21(24)13-17/h3-8,13,19,27H,2,9-12,14-16H2,1H3/t19-/m1/s1. The number of aliphatic hydroxyl groups is 1. The second kappa shape index (κ2) is 9.96. The minimum atomic E-state index is -0.820. The first kappa shape index (κ1) is 20.7. The summed E-state index contributed by atoms with van der Waals surface area (Å²) in [5.41, 5.74) is 1.90. The Bertz CT molecular complexity index is 772. The van der Waals surface area contributed by atoms with E-state index in [0.717, 1.165) is 43.1 Å². The molecular formula is C22H28F2N2O2. The zero-order valence-electron chi connectivity index (χ0n) is 16.3. The Kier molecular flexibility index (Phi) is 7.36. The predicted molar refractivity (Wildman–Crippen MR) is 105 cm³/mol. The summed E-state index contributed by atoms with van der Waals surface area (Å²) >= 11 is 0. The topological polar surface area (TPSA) is 35.9 Å². The first-order valence-electron chi connectivity index (χ1n) is 9.82. The van der Waals surface area contributed by atoms with E-state index in [1.54, 1.807) is 6.07 Å². The second-order valence-corrected chi connectivity index (χ2v) is 7.16. The summed E-state index contributed by atoms with van der Waals surface area (Å²) in [6.45, 7) is 6.50. The maximum absolute atomic E-state index is 13.5. The molecule has 2 aromatic rings. The largest absolute Gasteiger partial charge is 0.494 e. The lowest BCUT2D eigenvalue weighted by Gasteiger charge is -2.41. The molecule has 0 amide bonds. The Hall–Kier alpha value is -2.02. The van der Waals surface area contributed by atoms with Crippen LogP contribution in [0.3, 0.4) is 0 Å². The molecular weight excluding hydrogens is 362 g/mol. The molecule has 0 aromatic heterocycles. The molecule has 1 saturated heterocycles. The molecule has 1 atom stereocenters. The van der Waals surface area contributed by atoms with Crippen LogP contribution in [-0.2, 0) is 13.1 Å². The maximum Gasteiger partial charge on any atom is 0.159 e. The first-order valence-corrected chi connectivity index (χ1v) is 9.82. The van der Waals surface area contributed by atoms with E-state index >= 15 is 0 Å². The van der Waals surface area contributed by atoms with E-state index in [1.165, 1.54) is 12.1 Å². The number of rotatable bonds is 8. The molecule has 0 spiro atoms. The fourth-order valence-electron chi connectivity index (χ4n) is 3.78. The maximum atomic E-state index is 13.5. The Labute approximate surface area is 165 Å². The van der Waals surface area contributed by atoms with Crippen molar-refractivity contribution < 1.29 is 18.6 Å². The van der Waals surface area contributed by atoms with Gasteiger partial charge in [0, 0.05) is 50.9 Å². The lowest BCUT2D eigenvalue weighted by Crippen LogP contribution is -2.52. The summed E-state index contributed by atoms with van der Waals surface area (Å²) in [5, 5.41) is 9.52. The predicted octanol–water partition coefficient (Wildman–Crippen LogP) is 3.43. The van der Waals surface area contributed by atoms with Gasteiger partial charge in [-0.1, -0.05) is 24.3 Å². The third-order valence-electron chi connectivity index (χ3n) is 5.19. The monoisotopic (exact) mass is 390 g/mol. The highest BCUT2D eigenvalue weighted by molar-refractivity contribution is 5.33. The van der Waals surface area contributed by atoms with Crippen molar-refractivity contribution in [1.29, 1.82) is 0 Å². The highest BCUT2D eigenvalue weighted by Gasteiger charge is 2.27. The first-order chi connectivity index (χ1) is 13.6. The minimum Gasteiger partial charge on any atom is -0.494 e. The van der Waals surface area contributed by atoms with Crippen LogP contribution in [0.1, 0.15) is 24.5 Å². The fourth-order valence-corrected chi connectivity index (χ4v) is 3.78. The lowest BCUT2D eigenvalue weighted by atomic mass is 10.1. The molecule has 3 rings (SSSR count). The number of hydrogen-bond acceptors (Lipinski definition) is 4. The molecule has 4 nitrogen and oxygen atoms in total. The number of aliphatic hydroxyl groups excluding tert-OH is 1. The molecule has 2 aromatic carbocycles. The van der Waals surface area contributed by atoms with Crippen LogP contribution in [0.4, 0.5) is 8.78 Å². The van der Waals surface area contributed by atoms with Crippen LogP contribution >= 0.6 is 0 Å². The van der Waals surface area contributed by atoms with Crippen molar-refractivity contribution in [2.45, 2.75) is 32.5 Å². The van der Waals surface area contributed by atoms with Gasteiger partial charge in [-0.3, -0.25) is 9.80 Å². The normalized spacial score (nSPS) is 18.4. The Balaban J connectivity index is 1.66. The molecule has 0 unspecified atom stereocenters. The lowest BCUT2D eigenvalue weighted by molar-refractivity contribution is 0.0493. The molecule has 6 heteroatoms. The van der Waals surface area contributed by atoms with Gasteiger partial charge in [-0.2, -0.15) is 0 Å². The molecule has 0 radical (unpaired) electrons. The Morgan fingerprint density at radius 2 is 1.89 bits per heavy atom. The summed E-state index contributed by atoms with van der Waals surface area (Å²) in [6, 6.07) is 12.3. The highest BCUT2D eigenvalue weighted by atomic mass is 19.2. The van der Waals surface area contributed by atoms with Gasteiger partial charge in [-0.05, 0) is 37.1 Å². The molecule has 1 aliphatic rings. The summed E-state index contributed by atoms with van der Waals surface area (Å²) in [7, 11) is 0. The van der Waals surface area contributed by atoms with Gasteiger partial charge in [0.15, 0.2) is 11.6 Å². The van der Waals surface area contributed by atoms with Crippen molar-refractivity contribution in [3.63, 3.8) is 0 Å². The van der Waals surface area contributed by atoms with Crippen molar-refractivity contribution in [2.75, 3.05) is 32.8 Å². The SMILES string of the molecule is CCOc1ccccc1CN1CCN(Cc2ccc(F)c(F)c2)C[C@H]1CCO. The quantitative estimate of drug-likeness (QED) is 0.749. The van der Waals surface area contributed by atoms with E-state index in [1.807, 2.05) is 25.1 Å². The number of ether oxygens (including phenoxy) is 1. The third kappa shape index (κ3) is 5.28. The van der Waals surface area contributed by atoms with E-state index in [2.05, 4.69) is 15.9 Å². The van der Waals surface area contributed by atoms with Crippen LogP contribution in [0.15, 0.2) is 42.5 Å². The average Bonchev–Trinajstić information content (AvgIpc) is 2.69. The average molecular weight is 390 g/mol. The van der Waals surface area contributed by atoms with Gasteiger partial charge >= 0.3 is 0 Å². The molecule has 1 aliphatic heterocycles. The highest BCUT2D eigenvalue weighted by Crippen LogP contribution is 2.24. The van der Waals surface area contributed by atoms with Crippen molar-refractivity contribution in [2.24, 2.45) is 0 Å². The zero-order valence-corrected chi connectivity index (χ0v) is 16.3. The molecule has 0 saturated carbocycles. The van der Waals surface area contributed by atoms with Crippen LogP contribution in [0.2, 0.25) is 0 Å². The third-order valence-corrected chi connectivity index (χ3v) is 5.19. The number of nitrogens with zero attached hydrogens (tertiary/aromatic N) is 2. The summed E-state index contributed by atoms with van der Waals surface area (Å²) in [6.07, 6.45) is 0.672. The smallest absolute Gasteiger partial charge is 0.159 e. The molecule has 1 fully saturated rings. The van der Waals surface area contributed by atoms with Crippen molar-refractivity contribution in [1.82, 2.24) is 9.80 Å². The van der Waals surface area contributed by atoms with E-state index in [9.17, 15) is 13.9 Å². The molecule has 1 heterocycles. The molecule has 28 heavy (non-hydrogen) atoms. The summed E-state index contributed by atoms with van der Waals surface area (Å²) < 4.78 is 32.4. The van der Waals surface area contributed by atoms with Crippen LogP contribution in [0.25, 0.3) is 0 Å². The summed E-state index contributed by atoms with van der Waals surface area (Å²) in [5.74, 6) is -0.729. The van der Waals surface area contributed by atoms with E-state index in [4.69, 9.17) is 4.74 Å². The molecule has 0 bridgehead atoms. The molecule has 1 N–H and O–H groups in total. The second-order valence-electron chi connectivity index (χ2n) is 7.16. The van der Waals surface area contributed by atoms with E-state index in [0.29, 0.717) is 19.6 Å². The number of piperazine rings is 1. The zero-order chi connectivity index (χ0) is 19.9. The number of halogens is 2. The number of hydrogen-bond donors (Lipinski definition) is 1. The minimum absolute atomic E-state index is 0.118. The summed E-state index contributed by atoms with van der Waals surface area (Å²) in [4.78, 5) is 4.60. The van der Waals surface area contributed by atoms with Crippen molar-refractivity contribution in [3.8, 4) is 5.75 Å². The van der Waals surface area contributed by atoms with E-state index < -0.39 is 11.6 Å². The van der Waals surface area contributed by atoms with E-state index in [-0.39, 0.29) is 12.6 Å². The Morgan fingerprint density at radius 1 is 1.07 bits per heavy atom. The van der Waals surface area contributed by atoms with Crippen LogP contribution in [0.5, 0.6) is 5.75 Å². The number of benzene rings is 2.